The van der Waals surface area contributed by atoms with Crippen molar-refractivity contribution in [1.29, 1.82) is 5.26 Å². The molecule has 0 unspecified atom stereocenters. The van der Waals surface area contributed by atoms with Crippen molar-refractivity contribution >= 4 is 63.1 Å². The zero-order valence-electron chi connectivity index (χ0n) is 25.1. The summed E-state index contributed by atoms with van der Waals surface area (Å²) in [6, 6.07) is 44.2. The molecule has 45 heavy (non-hydrogen) atoms. The van der Waals surface area contributed by atoms with Crippen LogP contribution in [-0.2, 0) is 9.53 Å². The van der Waals surface area contributed by atoms with E-state index in [4.69, 9.17) is 4.74 Å². The first-order chi connectivity index (χ1) is 21.8. The van der Waals surface area contributed by atoms with E-state index in [0.717, 1.165) is 31.7 Å². The van der Waals surface area contributed by atoms with Gasteiger partial charge in [-0.2, -0.15) is 5.26 Å². The molecule has 0 saturated heterocycles. The van der Waals surface area contributed by atoms with E-state index < -0.39 is 11.6 Å². The van der Waals surface area contributed by atoms with Gasteiger partial charge in [-0.25, -0.2) is 4.79 Å². The number of nitrogens with zero attached hydrogens (tertiary/aromatic N) is 2. The second-order valence-corrected chi connectivity index (χ2v) is 14.5. The molecule has 4 nitrogen and oxygen atoms in total. The van der Waals surface area contributed by atoms with Crippen molar-refractivity contribution in [3.63, 3.8) is 0 Å². The van der Waals surface area contributed by atoms with E-state index in [9.17, 15) is 10.1 Å². The monoisotopic (exact) mass is 642 g/mol. The molecule has 0 aliphatic rings. The summed E-state index contributed by atoms with van der Waals surface area (Å²) in [4.78, 5) is 21.4. The Morgan fingerprint density at radius 1 is 0.644 bits per heavy atom. The van der Waals surface area contributed by atoms with Gasteiger partial charge < -0.3 is 9.64 Å². The Kier molecular flexibility index (Phi) is 8.81. The highest BCUT2D eigenvalue weighted by atomic mass is 32.1. The summed E-state index contributed by atoms with van der Waals surface area (Å²) in [6.45, 7) is 5.36. The van der Waals surface area contributed by atoms with Crippen LogP contribution >= 0.6 is 34.0 Å². The fourth-order valence-corrected chi connectivity index (χ4v) is 7.93. The number of hydrogen-bond acceptors (Lipinski definition) is 7. The van der Waals surface area contributed by atoms with Crippen LogP contribution in [0.3, 0.4) is 0 Å². The maximum atomic E-state index is 12.4. The summed E-state index contributed by atoms with van der Waals surface area (Å²) in [6.07, 6.45) is 1.60. The van der Waals surface area contributed by atoms with Crippen LogP contribution in [0.4, 0.5) is 17.1 Å². The second-order valence-electron chi connectivity index (χ2n) is 11.3. The Balaban J connectivity index is 1.19. The smallest absolute Gasteiger partial charge is 0.349 e. The molecule has 0 aliphatic heterocycles. The fourth-order valence-electron chi connectivity index (χ4n) is 4.78. The second kappa shape index (κ2) is 13.1. The third-order valence-electron chi connectivity index (χ3n) is 6.79. The van der Waals surface area contributed by atoms with Crippen molar-refractivity contribution in [3.05, 3.63) is 132 Å². The molecule has 0 radical (unpaired) electrons. The van der Waals surface area contributed by atoms with E-state index in [1.54, 1.807) is 60.9 Å². The normalized spacial score (nSPS) is 11.6. The molecule has 7 heteroatoms. The predicted molar refractivity (Wildman–Crippen MR) is 190 cm³/mol. The molecule has 0 spiro atoms. The van der Waals surface area contributed by atoms with Gasteiger partial charge in [-0.1, -0.05) is 48.5 Å². The molecule has 3 heterocycles. The highest BCUT2D eigenvalue weighted by Gasteiger charge is 2.20. The molecule has 0 fully saturated rings. The summed E-state index contributed by atoms with van der Waals surface area (Å²) in [5.74, 6) is -0.605. The van der Waals surface area contributed by atoms with Crippen molar-refractivity contribution in [1.82, 2.24) is 0 Å². The van der Waals surface area contributed by atoms with E-state index in [1.807, 2.05) is 30.3 Å². The van der Waals surface area contributed by atoms with Crippen LogP contribution in [0.2, 0.25) is 0 Å². The Bertz CT molecular complexity index is 1950. The van der Waals surface area contributed by atoms with Gasteiger partial charge in [0.05, 0.1) is 0 Å². The van der Waals surface area contributed by atoms with Gasteiger partial charge in [0, 0.05) is 46.3 Å². The number of benzene rings is 3. The third kappa shape index (κ3) is 7.16. The molecular formula is C38H30N2O2S3. The van der Waals surface area contributed by atoms with Crippen LogP contribution in [0.1, 0.15) is 25.6 Å². The van der Waals surface area contributed by atoms with E-state index in [0.29, 0.717) is 0 Å². The Labute approximate surface area is 275 Å². The fraction of sp³-hybridized carbons (Fsp3) is 0.105. The van der Waals surface area contributed by atoms with Crippen LogP contribution < -0.4 is 4.90 Å². The molecule has 0 bridgehead atoms. The lowest BCUT2D eigenvalue weighted by molar-refractivity contribution is -0.149. The van der Waals surface area contributed by atoms with E-state index in [1.165, 1.54) is 20.2 Å². The first-order valence-electron chi connectivity index (χ1n) is 14.4. The van der Waals surface area contributed by atoms with Crippen molar-refractivity contribution in [2.75, 3.05) is 4.90 Å². The number of nitriles is 1. The van der Waals surface area contributed by atoms with Crippen molar-refractivity contribution in [2.24, 2.45) is 0 Å². The van der Waals surface area contributed by atoms with E-state index in [2.05, 4.69) is 102 Å². The number of thiophene rings is 3. The minimum atomic E-state index is -0.655. The van der Waals surface area contributed by atoms with Crippen LogP contribution in [0.25, 0.3) is 36.0 Å². The van der Waals surface area contributed by atoms with Gasteiger partial charge in [0.1, 0.15) is 17.2 Å². The van der Waals surface area contributed by atoms with Gasteiger partial charge in [0.25, 0.3) is 0 Å². The molecule has 0 aliphatic carbocycles. The lowest BCUT2D eigenvalue weighted by atomic mass is 10.1. The molecule has 3 aromatic heterocycles. The molecule has 0 N–H and O–H groups in total. The molecular weight excluding hydrogens is 613 g/mol. The number of para-hydroxylation sites is 2. The summed E-state index contributed by atoms with van der Waals surface area (Å²) in [5.41, 5.74) is 3.86. The Morgan fingerprint density at radius 3 is 1.64 bits per heavy atom. The lowest BCUT2D eigenvalue weighted by Crippen LogP contribution is -2.24. The SMILES string of the molecule is CC(C)(C)OC(=O)/C(C#N)=C/c1ccc(-c2ccc(-c3ccc(-c4ccc(N(c5ccccc5)c5ccccc5)cc4)s3)s2)s1. The van der Waals surface area contributed by atoms with Gasteiger partial charge in [-0.05, 0) is 105 Å². The number of hydrogen-bond donors (Lipinski definition) is 0. The number of rotatable bonds is 8. The van der Waals surface area contributed by atoms with Crippen molar-refractivity contribution in [3.8, 4) is 36.0 Å². The highest BCUT2D eigenvalue weighted by Crippen LogP contribution is 2.43. The molecule has 6 aromatic rings. The largest absolute Gasteiger partial charge is 0.456 e. The van der Waals surface area contributed by atoms with Crippen LogP contribution in [0, 0.1) is 11.3 Å². The van der Waals surface area contributed by atoms with Crippen LogP contribution in [0.5, 0.6) is 0 Å². The number of ether oxygens (including phenoxy) is 1. The number of anilines is 3. The first kappa shape index (κ1) is 30.3. The summed E-state index contributed by atoms with van der Waals surface area (Å²) in [5, 5.41) is 9.51. The standard InChI is InChI=1S/C38H30N2O2S3/c1-38(2,3)42-37(41)27(25-39)24-31-18-19-33(43-31)34-22-23-36(45-34)35-21-20-32(44-35)26-14-16-30(17-15-26)40(28-10-6-4-7-11-28)29-12-8-5-9-13-29/h4-24H,1-3H3/b27-24+. The first-order valence-corrected chi connectivity index (χ1v) is 16.9. The summed E-state index contributed by atoms with van der Waals surface area (Å²) < 4.78 is 5.37. The number of esters is 1. The molecule has 6 rings (SSSR count). The third-order valence-corrected chi connectivity index (χ3v) is 10.4. The van der Waals surface area contributed by atoms with Crippen molar-refractivity contribution in [2.45, 2.75) is 26.4 Å². The van der Waals surface area contributed by atoms with E-state index in [-0.39, 0.29) is 5.57 Å². The van der Waals surface area contributed by atoms with Gasteiger partial charge in [0.15, 0.2) is 0 Å². The molecule has 0 atom stereocenters. The average Bonchev–Trinajstić information content (AvgIpc) is 3.82. The zero-order valence-corrected chi connectivity index (χ0v) is 27.5. The predicted octanol–water partition coefficient (Wildman–Crippen LogP) is 11.6. The van der Waals surface area contributed by atoms with Gasteiger partial charge in [0.2, 0.25) is 0 Å². The number of carbonyl (C=O) groups excluding carboxylic acids is 1. The topological polar surface area (TPSA) is 53.3 Å². The highest BCUT2D eigenvalue weighted by molar-refractivity contribution is 7.27. The molecule has 222 valence electrons. The molecule has 0 amide bonds. The maximum absolute atomic E-state index is 12.4. The minimum Gasteiger partial charge on any atom is -0.456 e. The summed E-state index contributed by atoms with van der Waals surface area (Å²) >= 11 is 5.07. The quantitative estimate of drug-likeness (QED) is 0.0942. The molecule has 3 aromatic carbocycles. The van der Waals surface area contributed by atoms with Gasteiger partial charge in [-0.3, -0.25) is 0 Å². The minimum absolute atomic E-state index is 0.00261. The Hall–Kier alpha value is -4.74. The van der Waals surface area contributed by atoms with Gasteiger partial charge >= 0.3 is 5.97 Å². The van der Waals surface area contributed by atoms with Crippen LogP contribution in [0.15, 0.2) is 127 Å². The Morgan fingerprint density at radius 2 is 1.11 bits per heavy atom. The number of carbonyl (C=O) groups is 1. The van der Waals surface area contributed by atoms with Crippen LogP contribution in [-0.4, -0.2) is 11.6 Å². The van der Waals surface area contributed by atoms with E-state index >= 15 is 0 Å². The summed E-state index contributed by atoms with van der Waals surface area (Å²) in [7, 11) is 0. The zero-order chi connectivity index (χ0) is 31.4. The maximum Gasteiger partial charge on any atom is 0.349 e. The van der Waals surface area contributed by atoms with Crippen molar-refractivity contribution < 1.29 is 9.53 Å². The lowest BCUT2D eigenvalue weighted by Gasteiger charge is -2.25. The van der Waals surface area contributed by atoms with Gasteiger partial charge in [-0.15, -0.1) is 34.0 Å². The molecule has 0 saturated carbocycles. The average molecular weight is 643 g/mol.